The summed E-state index contributed by atoms with van der Waals surface area (Å²) in [6.07, 6.45) is 2.17. The number of carbonyl (C=O) groups is 1. The monoisotopic (exact) mass is 402 g/mol. The van der Waals surface area contributed by atoms with E-state index in [4.69, 9.17) is 9.15 Å². The van der Waals surface area contributed by atoms with Crippen molar-refractivity contribution in [2.45, 2.75) is 33.4 Å². The summed E-state index contributed by atoms with van der Waals surface area (Å²) in [6.45, 7) is 7.52. The quantitative estimate of drug-likeness (QED) is 0.712. The van der Waals surface area contributed by atoms with E-state index in [0.29, 0.717) is 25.4 Å². The summed E-state index contributed by atoms with van der Waals surface area (Å²) in [4.78, 5) is 28.6. The van der Waals surface area contributed by atoms with Crippen molar-refractivity contribution in [2.75, 3.05) is 26.2 Å². The number of carbonyl (C=O) groups excluding carboxylic acids is 1. The van der Waals surface area contributed by atoms with E-state index >= 15 is 0 Å². The Morgan fingerprint density at radius 3 is 2.52 bits per heavy atom. The maximum atomic E-state index is 12.9. The minimum Gasteiger partial charge on any atom is -0.482 e. The first-order valence-corrected chi connectivity index (χ1v) is 9.96. The lowest BCUT2D eigenvalue weighted by molar-refractivity contribution is -0.136. The van der Waals surface area contributed by atoms with Gasteiger partial charge in [0.1, 0.15) is 24.4 Å². The highest BCUT2D eigenvalue weighted by Crippen LogP contribution is 2.14. The highest BCUT2D eigenvalue weighted by molar-refractivity contribution is 5.78. The average Bonchev–Trinajstić information content (AvgIpc) is 2.74. The maximum Gasteiger partial charge on any atom is 0.227 e. The van der Waals surface area contributed by atoms with E-state index in [-0.39, 0.29) is 35.4 Å². The molecule has 0 bridgehead atoms. The van der Waals surface area contributed by atoms with Gasteiger partial charge in [-0.3, -0.25) is 14.5 Å². The van der Waals surface area contributed by atoms with Crippen molar-refractivity contribution in [2.24, 2.45) is 5.92 Å². The number of piperazine rings is 1. The Balaban J connectivity index is 1.51. The first-order chi connectivity index (χ1) is 14.0. The van der Waals surface area contributed by atoms with Gasteiger partial charge in [-0.05, 0) is 24.1 Å². The molecule has 1 amide bonds. The van der Waals surface area contributed by atoms with Crippen LogP contribution in [0.25, 0.3) is 0 Å². The summed E-state index contributed by atoms with van der Waals surface area (Å²) in [5, 5.41) is 0. The van der Waals surface area contributed by atoms with Crippen molar-refractivity contribution in [3.63, 3.8) is 0 Å². The fraction of sp³-hybridized carbons (Fsp3) is 0.455. The van der Waals surface area contributed by atoms with Gasteiger partial charge in [0.25, 0.3) is 0 Å². The Hall–Kier alpha value is -2.67. The van der Waals surface area contributed by atoms with Crippen LogP contribution >= 0.6 is 0 Å². The van der Waals surface area contributed by atoms with E-state index in [1.54, 1.807) is 12.1 Å². The van der Waals surface area contributed by atoms with Crippen LogP contribution in [0.4, 0.5) is 4.39 Å². The lowest BCUT2D eigenvalue weighted by Crippen LogP contribution is -2.49. The van der Waals surface area contributed by atoms with Gasteiger partial charge in [0.15, 0.2) is 0 Å². The molecular weight excluding hydrogens is 375 g/mol. The molecule has 3 rings (SSSR count). The molecule has 1 aliphatic heterocycles. The van der Waals surface area contributed by atoms with Crippen LogP contribution in [-0.2, 0) is 17.9 Å². The molecule has 29 heavy (non-hydrogen) atoms. The van der Waals surface area contributed by atoms with E-state index in [0.717, 1.165) is 25.1 Å². The van der Waals surface area contributed by atoms with Gasteiger partial charge in [-0.2, -0.15) is 0 Å². The third kappa shape index (κ3) is 5.67. The number of rotatable bonds is 7. The number of halogens is 1. The molecule has 1 aliphatic rings. The van der Waals surface area contributed by atoms with Crippen LogP contribution < -0.4 is 10.2 Å². The first kappa shape index (κ1) is 21.0. The normalized spacial score (nSPS) is 15.9. The molecule has 6 nitrogen and oxygen atoms in total. The summed E-state index contributed by atoms with van der Waals surface area (Å²) in [7, 11) is 0. The lowest BCUT2D eigenvalue weighted by Gasteiger charge is -2.35. The number of benzene rings is 1. The minimum absolute atomic E-state index is 0.0574. The molecule has 0 N–H and O–H groups in total. The Bertz CT molecular complexity index is 873. The molecule has 0 aliphatic carbocycles. The molecule has 1 fully saturated rings. The molecule has 7 heteroatoms. The largest absolute Gasteiger partial charge is 0.482 e. The molecule has 1 aromatic carbocycles. The standard InChI is InChI=1S/C22H27FN2O4/c1-3-16(2)22(27)25-10-8-24(9-11-25)13-19-12-20(26)21(15-28-19)29-14-17-4-6-18(23)7-5-17/h4-7,12,15-16H,3,8-11,13-14H2,1-2H3. The minimum atomic E-state index is -0.317. The highest BCUT2D eigenvalue weighted by atomic mass is 19.1. The van der Waals surface area contributed by atoms with Crippen LogP contribution in [0.3, 0.4) is 0 Å². The summed E-state index contributed by atoms with van der Waals surface area (Å²) in [5.41, 5.74) is 0.513. The van der Waals surface area contributed by atoms with Gasteiger partial charge in [-0.1, -0.05) is 26.0 Å². The molecule has 1 saturated heterocycles. The summed E-state index contributed by atoms with van der Waals surface area (Å²) in [6, 6.07) is 7.35. The number of ether oxygens (including phenoxy) is 1. The van der Waals surface area contributed by atoms with Gasteiger partial charge in [0, 0.05) is 38.2 Å². The van der Waals surface area contributed by atoms with Crippen molar-refractivity contribution < 1.29 is 18.3 Å². The van der Waals surface area contributed by atoms with Gasteiger partial charge in [0.2, 0.25) is 17.1 Å². The fourth-order valence-corrected chi connectivity index (χ4v) is 3.20. The summed E-state index contributed by atoms with van der Waals surface area (Å²) >= 11 is 0. The van der Waals surface area contributed by atoms with Crippen LogP contribution in [0.1, 0.15) is 31.6 Å². The molecule has 2 aromatic rings. The number of nitrogens with zero attached hydrogens (tertiary/aromatic N) is 2. The molecular formula is C22H27FN2O4. The van der Waals surface area contributed by atoms with Crippen molar-refractivity contribution in [3.05, 3.63) is 64.0 Å². The maximum absolute atomic E-state index is 12.9. The van der Waals surface area contributed by atoms with Crippen LogP contribution in [0, 0.1) is 11.7 Å². The van der Waals surface area contributed by atoms with Gasteiger partial charge < -0.3 is 14.1 Å². The molecule has 0 spiro atoms. The van der Waals surface area contributed by atoms with E-state index in [2.05, 4.69) is 4.90 Å². The topological polar surface area (TPSA) is 63.0 Å². The second-order valence-electron chi connectivity index (χ2n) is 7.40. The Morgan fingerprint density at radius 1 is 1.21 bits per heavy atom. The van der Waals surface area contributed by atoms with Gasteiger partial charge in [-0.15, -0.1) is 0 Å². The van der Waals surface area contributed by atoms with Gasteiger partial charge in [-0.25, -0.2) is 4.39 Å². The van der Waals surface area contributed by atoms with E-state index in [1.165, 1.54) is 24.5 Å². The van der Waals surface area contributed by atoms with Crippen molar-refractivity contribution in [1.29, 1.82) is 0 Å². The predicted octanol–water partition coefficient (Wildman–Crippen LogP) is 3.05. The Kier molecular flexibility index (Phi) is 7.04. The zero-order chi connectivity index (χ0) is 20.8. The third-order valence-electron chi connectivity index (χ3n) is 5.26. The molecule has 0 saturated carbocycles. The van der Waals surface area contributed by atoms with Crippen LogP contribution in [-0.4, -0.2) is 41.9 Å². The molecule has 1 unspecified atom stereocenters. The SMILES string of the molecule is CCC(C)C(=O)N1CCN(Cc2cc(=O)c(OCc3ccc(F)cc3)co2)CC1. The summed E-state index contributed by atoms with van der Waals surface area (Å²) in [5.74, 6) is 0.638. The molecule has 156 valence electrons. The van der Waals surface area contributed by atoms with Crippen LogP contribution in [0.5, 0.6) is 5.75 Å². The van der Waals surface area contributed by atoms with E-state index in [9.17, 15) is 14.0 Å². The fourth-order valence-electron chi connectivity index (χ4n) is 3.20. The molecule has 1 aromatic heterocycles. The number of amides is 1. The number of hydrogen-bond acceptors (Lipinski definition) is 5. The second-order valence-corrected chi connectivity index (χ2v) is 7.40. The first-order valence-electron chi connectivity index (χ1n) is 9.96. The Labute approximate surface area is 169 Å². The van der Waals surface area contributed by atoms with E-state index in [1.807, 2.05) is 18.7 Å². The van der Waals surface area contributed by atoms with Crippen molar-refractivity contribution in [1.82, 2.24) is 9.80 Å². The zero-order valence-corrected chi connectivity index (χ0v) is 16.9. The highest BCUT2D eigenvalue weighted by Gasteiger charge is 2.24. The molecule has 1 atom stereocenters. The number of hydrogen-bond donors (Lipinski definition) is 0. The third-order valence-corrected chi connectivity index (χ3v) is 5.26. The lowest BCUT2D eigenvalue weighted by atomic mass is 10.1. The van der Waals surface area contributed by atoms with E-state index < -0.39 is 0 Å². The molecule has 2 heterocycles. The molecule has 0 radical (unpaired) electrons. The smallest absolute Gasteiger partial charge is 0.227 e. The second kappa shape index (κ2) is 9.69. The van der Waals surface area contributed by atoms with Crippen LogP contribution in [0.2, 0.25) is 0 Å². The van der Waals surface area contributed by atoms with Gasteiger partial charge in [0.05, 0.1) is 6.54 Å². The Morgan fingerprint density at radius 2 is 1.90 bits per heavy atom. The van der Waals surface area contributed by atoms with Crippen LogP contribution in [0.15, 0.2) is 45.8 Å². The average molecular weight is 402 g/mol. The predicted molar refractivity (Wildman–Crippen MR) is 107 cm³/mol. The zero-order valence-electron chi connectivity index (χ0n) is 16.9. The van der Waals surface area contributed by atoms with Crippen molar-refractivity contribution >= 4 is 5.91 Å². The van der Waals surface area contributed by atoms with Gasteiger partial charge >= 0.3 is 0 Å². The van der Waals surface area contributed by atoms with Crippen molar-refractivity contribution in [3.8, 4) is 5.75 Å². The summed E-state index contributed by atoms with van der Waals surface area (Å²) < 4.78 is 24.0.